The topological polar surface area (TPSA) is 86.8 Å². The van der Waals surface area contributed by atoms with Crippen molar-refractivity contribution in [2.45, 2.75) is 44.7 Å². The van der Waals surface area contributed by atoms with E-state index in [4.69, 9.17) is 0 Å². The predicted molar refractivity (Wildman–Crippen MR) is 142 cm³/mol. The summed E-state index contributed by atoms with van der Waals surface area (Å²) in [6.45, 7) is 5.69. The highest BCUT2D eigenvalue weighted by Gasteiger charge is 2.33. The lowest BCUT2D eigenvalue weighted by atomic mass is 10.1. The van der Waals surface area contributed by atoms with Gasteiger partial charge in [-0.15, -0.1) is 0 Å². The summed E-state index contributed by atoms with van der Waals surface area (Å²) in [4.78, 5) is 28.3. The number of anilines is 1. The summed E-state index contributed by atoms with van der Waals surface area (Å²) in [5.74, 6) is -0.727. The van der Waals surface area contributed by atoms with E-state index < -0.39 is 28.5 Å². The lowest BCUT2D eigenvalue weighted by molar-refractivity contribution is -0.140. The van der Waals surface area contributed by atoms with Gasteiger partial charge in [0, 0.05) is 13.1 Å². The van der Waals surface area contributed by atoms with E-state index in [0.29, 0.717) is 18.7 Å². The predicted octanol–water partition coefficient (Wildman–Crippen LogP) is 4.13. The van der Waals surface area contributed by atoms with Gasteiger partial charge in [-0.05, 0) is 55.7 Å². The number of aryl methyl sites for hydroxylation is 1. The Kier molecular flexibility index (Phi) is 9.25. The van der Waals surface area contributed by atoms with Gasteiger partial charge in [0.05, 0.1) is 10.6 Å². The van der Waals surface area contributed by atoms with Crippen LogP contribution in [0, 0.1) is 6.92 Å². The summed E-state index contributed by atoms with van der Waals surface area (Å²) in [5.41, 5.74) is 2.10. The van der Waals surface area contributed by atoms with Crippen LogP contribution in [0.5, 0.6) is 0 Å². The van der Waals surface area contributed by atoms with E-state index in [1.54, 1.807) is 36.4 Å². The zero-order chi connectivity index (χ0) is 26.1. The maximum absolute atomic E-state index is 13.8. The van der Waals surface area contributed by atoms with Crippen molar-refractivity contribution in [3.8, 4) is 0 Å². The van der Waals surface area contributed by atoms with Gasteiger partial charge in [-0.25, -0.2) is 8.42 Å². The van der Waals surface area contributed by atoms with Crippen LogP contribution in [-0.4, -0.2) is 44.3 Å². The van der Waals surface area contributed by atoms with Crippen LogP contribution in [0.3, 0.4) is 0 Å². The number of benzene rings is 3. The zero-order valence-corrected chi connectivity index (χ0v) is 21.7. The zero-order valence-electron chi connectivity index (χ0n) is 20.9. The molecular formula is C28H33N3O4S. The van der Waals surface area contributed by atoms with Crippen LogP contribution in [0.15, 0.2) is 89.8 Å². The third-order valence-electron chi connectivity index (χ3n) is 5.83. The molecule has 0 spiro atoms. The first-order valence-electron chi connectivity index (χ1n) is 12.0. The lowest BCUT2D eigenvalue weighted by Gasteiger charge is -2.33. The molecule has 3 rings (SSSR count). The van der Waals surface area contributed by atoms with Gasteiger partial charge in [0.15, 0.2) is 0 Å². The van der Waals surface area contributed by atoms with Crippen molar-refractivity contribution < 1.29 is 18.0 Å². The van der Waals surface area contributed by atoms with Crippen LogP contribution in [0.25, 0.3) is 0 Å². The molecule has 0 aromatic heterocycles. The minimum Gasteiger partial charge on any atom is -0.355 e. The smallest absolute Gasteiger partial charge is 0.264 e. The summed E-state index contributed by atoms with van der Waals surface area (Å²) in [6, 6.07) is 23.7. The molecule has 0 aliphatic carbocycles. The fourth-order valence-corrected chi connectivity index (χ4v) is 5.45. The summed E-state index contributed by atoms with van der Waals surface area (Å²) in [7, 11) is -4.05. The Morgan fingerprint density at radius 2 is 1.53 bits per heavy atom. The van der Waals surface area contributed by atoms with Gasteiger partial charge in [-0.2, -0.15) is 0 Å². The van der Waals surface area contributed by atoms with Crippen molar-refractivity contribution in [1.82, 2.24) is 10.2 Å². The van der Waals surface area contributed by atoms with Crippen LogP contribution in [0.2, 0.25) is 0 Å². The molecule has 3 aromatic rings. The molecule has 0 aliphatic rings. The number of nitrogens with zero attached hydrogens (tertiary/aromatic N) is 2. The summed E-state index contributed by atoms with van der Waals surface area (Å²) in [5, 5.41) is 2.80. The highest BCUT2D eigenvalue weighted by molar-refractivity contribution is 7.92. The van der Waals surface area contributed by atoms with Crippen molar-refractivity contribution in [2.75, 3.05) is 17.4 Å². The SMILES string of the molecule is CCNC(=O)[C@H](CC)N(Cc1ccccc1)C(=O)CN(c1cccc(C)c1)S(=O)(=O)c1ccccc1. The molecule has 0 saturated heterocycles. The largest absolute Gasteiger partial charge is 0.355 e. The molecule has 2 amide bonds. The average Bonchev–Trinajstić information content (AvgIpc) is 2.88. The van der Waals surface area contributed by atoms with E-state index in [0.717, 1.165) is 15.4 Å². The van der Waals surface area contributed by atoms with Gasteiger partial charge in [0.25, 0.3) is 10.0 Å². The van der Waals surface area contributed by atoms with E-state index in [-0.39, 0.29) is 17.3 Å². The maximum Gasteiger partial charge on any atom is 0.264 e. The number of hydrogen-bond donors (Lipinski definition) is 1. The molecule has 0 unspecified atom stereocenters. The highest BCUT2D eigenvalue weighted by atomic mass is 32.2. The normalized spacial score (nSPS) is 12.0. The van der Waals surface area contributed by atoms with E-state index in [1.165, 1.54) is 17.0 Å². The number of rotatable bonds is 11. The van der Waals surface area contributed by atoms with Crippen molar-refractivity contribution in [1.29, 1.82) is 0 Å². The molecule has 190 valence electrons. The molecule has 1 N–H and O–H groups in total. The third kappa shape index (κ3) is 6.51. The number of nitrogens with one attached hydrogen (secondary N) is 1. The van der Waals surface area contributed by atoms with Crippen molar-refractivity contribution >= 4 is 27.5 Å². The van der Waals surface area contributed by atoms with E-state index >= 15 is 0 Å². The quantitative estimate of drug-likeness (QED) is 0.423. The molecule has 1 atom stereocenters. The lowest BCUT2D eigenvalue weighted by Crippen LogP contribution is -2.52. The molecule has 0 radical (unpaired) electrons. The first-order chi connectivity index (χ1) is 17.3. The summed E-state index contributed by atoms with van der Waals surface area (Å²) < 4.78 is 28.5. The second-order valence-corrected chi connectivity index (χ2v) is 10.4. The Balaban J connectivity index is 2.04. The molecule has 3 aromatic carbocycles. The fraction of sp³-hybridized carbons (Fsp3) is 0.286. The van der Waals surface area contributed by atoms with E-state index in [9.17, 15) is 18.0 Å². The van der Waals surface area contributed by atoms with Gasteiger partial charge >= 0.3 is 0 Å². The van der Waals surface area contributed by atoms with Gasteiger partial charge in [0.2, 0.25) is 11.8 Å². The minimum atomic E-state index is -4.05. The van der Waals surface area contributed by atoms with Crippen LogP contribution in [0.1, 0.15) is 31.4 Å². The summed E-state index contributed by atoms with van der Waals surface area (Å²) in [6.07, 6.45) is 0.389. The monoisotopic (exact) mass is 507 g/mol. The number of sulfonamides is 1. The van der Waals surface area contributed by atoms with Gasteiger partial charge in [-0.1, -0.05) is 67.6 Å². The standard InChI is InChI=1S/C28H33N3O4S/c1-4-26(28(33)29-5-2)30(20-23-14-8-6-9-15-23)27(32)21-31(24-16-12-13-22(3)19-24)36(34,35)25-17-10-7-11-18-25/h6-19,26H,4-5,20-21H2,1-3H3,(H,29,33)/t26-/m0/s1. The molecule has 0 fully saturated rings. The Hall–Kier alpha value is -3.65. The number of likely N-dealkylation sites (N-methyl/N-ethyl adjacent to an activating group) is 1. The molecule has 0 saturated carbocycles. The molecule has 0 aliphatic heterocycles. The van der Waals surface area contributed by atoms with Gasteiger partial charge in [0.1, 0.15) is 12.6 Å². The van der Waals surface area contributed by atoms with Crippen molar-refractivity contribution in [3.63, 3.8) is 0 Å². The van der Waals surface area contributed by atoms with Gasteiger partial charge < -0.3 is 10.2 Å². The van der Waals surface area contributed by atoms with Crippen LogP contribution in [0.4, 0.5) is 5.69 Å². The Morgan fingerprint density at radius 1 is 0.889 bits per heavy atom. The van der Waals surface area contributed by atoms with Crippen LogP contribution in [-0.2, 0) is 26.2 Å². The van der Waals surface area contributed by atoms with Crippen molar-refractivity contribution in [3.05, 3.63) is 96.1 Å². The maximum atomic E-state index is 13.8. The Morgan fingerprint density at radius 3 is 2.11 bits per heavy atom. The highest BCUT2D eigenvalue weighted by Crippen LogP contribution is 2.25. The Labute approximate surface area is 213 Å². The summed E-state index contributed by atoms with van der Waals surface area (Å²) >= 11 is 0. The van der Waals surface area contributed by atoms with Gasteiger partial charge in [-0.3, -0.25) is 13.9 Å². The first-order valence-corrected chi connectivity index (χ1v) is 13.5. The molecule has 8 heteroatoms. The van der Waals surface area contributed by atoms with Crippen LogP contribution < -0.4 is 9.62 Å². The fourth-order valence-electron chi connectivity index (χ4n) is 4.02. The average molecular weight is 508 g/mol. The number of carbonyl (C=O) groups is 2. The number of amides is 2. The molecule has 36 heavy (non-hydrogen) atoms. The second kappa shape index (κ2) is 12.4. The molecule has 0 heterocycles. The second-order valence-electron chi connectivity index (χ2n) is 8.49. The first kappa shape index (κ1) is 26.9. The Bertz CT molecular complexity index is 1260. The molecular weight excluding hydrogens is 474 g/mol. The van der Waals surface area contributed by atoms with E-state index in [1.807, 2.05) is 57.2 Å². The number of hydrogen-bond acceptors (Lipinski definition) is 4. The third-order valence-corrected chi connectivity index (χ3v) is 7.62. The molecule has 7 nitrogen and oxygen atoms in total. The van der Waals surface area contributed by atoms with Crippen molar-refractivity contribution in [2.24, 2.45) is 0 Å². The minimum absolute atomic E-state index is 0.0877. The number of carbonyl (C=O) groups excluding carboxylic acids is 2. The van der Waals surface area contributed by atoms with E-state index in [2.05, 4.69) is 5.32 Å². The van der Waals surface area contributed by atoms with Crippen LogP contribution >= 0.6 is 0 Å². The molecule has 0 bridgehead atoms.